The van der Waals surface area contributed by atoms with Crippen LogP contribution < -0.4 is 4.90 Å². The van der Waals surface area contributed by atoms with Gasteiger partial charge < -0.3 is 10.0 Å². The third-order valence-electron chi connectivity index (χ3n) is 2.67. The lowest BCUT2D eigenvalue weighted by molar-refractivity contribution is 0.476. The Labute approximate surface area is 95.3 Å². The van der Waals surface area contributed by atoms with Crippen LogP contribution in [0.2, 0.25) is 0 Å². The van der Waals surface area contributed by atoms with Crippen LogP contribution in [0.5, 0.6) is 5.75 Å². The van der Waals surface area contributed by atoms with E-state index < -0.39 is 0 Å². The second kappa shape index (κ2) is 4.00. The van der Waals surface area contributed by atoms with E-state index in [9.17, 15) is 5.11 Å². The van der Waals surface area contributed by atoms with Gasteiger partial charge in [-0.15, -0.1) is 0 Å². The molecule has 0 aliphatic carbocycles. The number of anilines is 1. The molecule has 1 heterocycles. The van der Waals surface area contributed by atoms with E-state index in [1.54, 1.807) is 12.1 Å². The molecule has 3 nitrogen and oxygen atoms in total. The molecule has 0 unspecified atom stereocenters. The van der Waals surface area contributed by atoms with E-state index in [2.05, 4.69) is 22.9 Å². The number of hydrogen-bond acceptors (Lipinski definition) is 3. The number of nitrogens with zero attached hydrogens (tertiary/aromatic N) is 2. The first-order valence-corrected chi connectivity index (χ1v) is 5.41. The van der Waals surface area contributed by atoms with Crippen LogP contribution in [0.25, 0.3) is 10.9 Å². The van der Waals surface area contributed by atoms with Crippen LogP contribution in [-0.2, 0) is 6.42 Å². The highest BCUT2D eigenvalue weighted by Gasteiger charge is 2.07. The van der Waals surface area contributed by atoms with Crippen molar-refractivity contribution >= 4 is 16.6 Å². The summed E-state index contributed by atoms with van der Waals surface area (Å²) in [6.45, 7) is 2.08. The number of pyridine rings is 1. The number of rotatable bonds is 2. The summed E-state index contributed by atoms with van der Waals surface area (Å²) < 4.78 is 0. The number of aryl methyl sites for hydroxylation is 1. The van der Waals surface area contributed by atoms with Crippen molar-refractivity contribution in [3.05, 3.63) is 30.0 Å². The van der Waals surface area contributed by atoms with Crippen LogP contribution in [0.15, 0.2) is 24.3 Å². The van der Waals surface area contributed by atoms with Crippen LogP contribution in [0.4, 0.5) is 5.69 Å². The van der Waals surface area contributed by atoms with E-state index in [4.69, 9.17) is 0 Å². The van der Waals surface area contributed by atoms with Crippen molar-refractivity contribution in [1.29, 1.82) is 0 Å². The topological polar surface area (TPSA) is 36.4 Å². The molecule has 0 radical (unpaired) electrons. The summed E-state index contributed by atoms with van der Waals surface area (Å²) in [4.78, 5) is 6.58. The van der Waals surface area contributed by atoms with Gasteiger partial charge in [0.05, 0.1) is 5.52 Å². The molecule has 0 spiro atoms. The van der Waals surface area contributed by atoms with E-state index in [-0.39, 0.29) is 5.75 Å². The molecule has 2 rings (SSSR count). The van der Waals surface area contributed by atoms with E-state index in [1.165, 1.54) is 0 Å². The minimum absolute atomic E-state index is 0.262. The number of aromatic hydroxyl groups is 1. The number of phenolic OH excluding ortho intramolecular Hbond substituents is 1. The summed E-state index contributed by atoms with van der Waals surface area (Å²) in [5, 5.41) is 10.5. The summed E-state index contributed by atoms with van der Waals surface area (Å²) in [6, 6.07) is 7.41. The average molecular weight is 216 g/mol. The van der Waals surface area contributed by atoms with Crippen molar-refractivity contribution in [1.82, 2.24) is 4.98 Å². The molecular formula is C13H16N2O. The maximum atomic E-state index is 9.47. The maximum absolute atomic E-state index is 9.47. The van der Waals surface area contributed by atoms with Crippen molar-refractivity contribution in [2.75, 3.05) is 19.0 Å². The molecule has 84 valence electrons. The Bertz CT molecular complexity index is 521. The summed E-state index contributed by atoms with van der Waals surface area (Å²) in [5.41, 5.74) is 3.03. The van der Waals surface area contributed by atoms with Crippen molar-refractivity contribution in [3.63, 3.8) is 0 Å². The maximum Gasteiger partial charge on any atom is 0.117 e. The van der Waals surface area contributed by atoms with Gasteiger partial charge in [-0.1, -0.05) is 6.92 Å². The van der Waals surface area contributed by atoms with Gasteiger partial charge in [-0.25, -0.2) is 0 Å². The lowest BCUT2D eigenvalue weighted by atomic mass is 10.1. The lowest BCUT2D eigenvalue weighted by Gasteiger charge is -2.16. The zero-order chi connectivity index (χ0) is 11.7. The van der Waals surface area contributed by atoms with Crippen molar-refractivity contribution < 1.29 is 5.11 Å². The van der Waals surface area contributed by atoms with Crippen LogP contribution >= 0.6 is 0 Å². The Morgan fingerprint density at radius 2 is 2.00 bits per heavy atom. The number of phenols is 1. The highest BCUT2D eigenvalue weighted by Crippen LogP contribution is 2.28. The van der Waals surface area contributed by atoms with E-state index in [0.29, 0.717) is 0 Å². The largest absolute Gasteiger partial charge is 0.508 e. The molecule has 1 aromatic heterocycles. The Morgan fingerprint density at radius 1 is 1.25 bits per heavy atom. The first-order valence-electron chi connectivity index (χ1n) is 5.41. The van der Waals surface area contributed by atoms with Crippen LogP contribution in [0.1, 0.15) is 12.6 Å². The monoisotopic (exact) mass is 216 g/mol. The molecule has 3 heteroatoms. The second-order valence-electron chi connectivity index (χ2n) is 4.08. The summed E-state index contributed by atoms with van der Waals surface area (Å²) in [7, 11) is 4.03. The van der Waals surface area contributed by atoms with Gasteiger partial charge in [0.15, 0.2) is 0 Å². The number of benzene rings is 1. The molecule has 1 N–H and O–H groups in total. The van der Waals surface area contributed by atoms with Gasteiger partial charge >= 0.3 is 0 Å². The van der Waals surface area contributed by atoms with E-state index >= 15 is 0 Å². The molecule has 0 saturated carbocycles. The fourth-order valence-electron chi connectivity index (χ4n) is 1.80. The molecule has 1 aromatic carbocycles. The number of aromatic nitrogens is 1. The average Bonchev–Trinajstić information content (AvgIpc) is 2.26. The van der Waals surface area contributed by atoms with Crippen molar-refractivity contribution in [2.24, 2.45) is 0 Å². The quantitative estimate of drug-likeness (QED) is 0.838. The predicted octanol–water partition coefficient (Wildman–Crippen LogP) is 2.57. The summed E-state index contributed by atoms with van der Waals surface area (Å²) >= 11 is 0. The first kappa shape index (κ1) is 10.7. The fraction of sp³-hybridized carbons (Fsp3) is 0.308. The lowest BCUT2D eigenvalue weighted by Crippen LogP contribution is -2.10. The van der Waals surface area contributed by atoms with Crippen molar-refractivity contribution in [3.8, 4) is 5.75 Å². The molecule has 0 amide bonds. The van der Waals surface area contributed by atoms with E-state index in [1.807, 2.05) is 20.2 Å². The molecule has 0 aliphatic heterocycles. The molecule has 0 aliphatic rings. The number of fused-ring (bicyclic) bond motifs is 1. The fourth-order valence-corrected chi connectivity index (χ4v) is 1.80. The Morgan fingerprint density at radius 3 is 2.62 bits per heavy atom. The standard InChI is InChI=1S/C13H16N2O/c1-4-9-7-13(15(2)3)11-6-5-10(16)8-12(11)14-9/h5-8,16H,4H2,1-3H3. The molecule has 2 aromatic rings. The van der Waals surface area contributed by atoms with Crippen LogP contribution in [-0.4, -0.2) is 24.2 Å². The zero-order valence-electron chi connectivity index (χ0n) is 9.86. The van der Waals surface area contributed by atoms with E-state index in [0.717, 1.165) is 28.7 Å². The minimum atomic E-state index is 0.262. The highest BCUT2D eigenvalue weighted by molar-refractivity contribution is 5.92. The second-order valence-corrected chi connectivity index (χ2v) is 4.08. The highest BCUT2D eigenvalue weighted by atomic mass is 16.3. The van der Waals surface area contributed by atoms with Crippen molar-refractivity contribution in [2.45, 2.75) is 13.3 Å². The molecule has 0 fully saturated rings. The molecule has 16 heavy (non-hydrogen) atoms. The predicted molar refractivity (Wildman–Crippen MR) is 67.1 cm³/mol. The molecular weight excluding hydrogens is 200 g/mol. The molecule has 0 saturated heterocycles. The van der Waals surface area contributed by atoms with Gasteiger partial charge in [-0.05, 0) is 24.6 Å². The molecule has 0 bridgehead atoms. The third kappa shape index (κ3) is 1.81. The Balaban J connectivity index is 2.76. The normalized spacial score (nSPS) is 10.7. The third-order valence-corrected chi connectivity index (χ3v) is 2.67. The van der Waals surface area contributed by atoms with Gasteiger partial charge in [0.25, 0.3) is 0 Å². The Hall–Kier alpha value is -1.77. The van der Waals surface area contributed by atoms with Crippen LogP contribution in [0.3, 0.4) is 0 Å². The minimum Gasteiger partial charge on any atom is -0.508 e. The van der Waals surface area contributed by atoms with Gasteiger partial charge in [0, 0.05) is 36.9 Å². The molecule has 0 atom stereocenters. The van der Waals surface area contributed by atoms with Gasteiger partial charge in [0.1, 0.15) is 5.75 Å². The summed E-state index contributed by atoms with van der Waals surface area (Å²) in [5.74, 6) is 0.262. The van der Waals surface area contributed by atoms with Crippen LogP contribution in [0, 0.1) is 0 Å². The number of hydrogen-bond donors (Lipinski definition) is 1. The van der Waals surface area contributed by atoms with Gasteiger partial charge in [-0.3, -0.25) is 4.98 Å². The Kier molecular flexibility index (Phi) is 2.69. The SMILES string of the molecule is CCc1cc(N(C)C)c2ccc(O)cc2n1. The van der Waals surface area contributed by atoms with Gasteiger partial charge in [0.2, 0.25) is 0 Å². The first-order chi connectivity index (χ1) is 7.61. The van der Waals surface area contributed by atoms with Gasteiger partial charge in [-0.2, -0.15) is 0 Å². The zero-order valence-corrected chi connectivity index (χ0v) is 9.86. The summed E-state index contributed by atoms with van der Waals surface area (Å²) in [6.07, 6.45) is 0.895. The smallest absolute Gasteiger partial charge is 0.117 e.